The monoisotopic (exact) mass is 403 g/mol. The third-order valence-corrected chi connectivity index (χ3v) is 6.08. The van der Waals surface area contributed by atoms with Crippen molar-refractivity contribution in [2.45, 2.75) is 32.1 Å². The van der Waals surface area contributed by atoms with Gasteiger partial charge in [0, 0.05) is 37.0 Å². The van der Waals surface area contributed by atoms with Crippen LogP contribution in [0.3, 0.4) is 0 Å². The SMILES string of the molecule is Cc1cc(-c2cncnc2C2CCCN(CC(=O)N3CCc4ccccc43)C2)on1. The molecule has 2 aromatic heterocycles. The molecular weight excluding hydrogens is 378 g/mol. The Labute approximate surface area is 175 Å². The number of likely N-dealkylation sites (tertiary alicyclic amines) is 1. The van der Waals surface area contributed by atoms with Crippen molar-refractivity contribution in [1.29, 1.82) is 0 Å². The maximum Gasteiger partial charge on any atom is 0.241 e. The van der Waals surface area contributed by atoms with Gasteiger partial charge in [-0.1, -0.05) is 23.4 Å². The third-order valence-electron chi connectivity index (χ3n) is 6.08. The fourth-order valence-electron chi connectivity index (χ4n) is 4.64. The zero-order valence-corrected chi connectivity index (χ0v) is 17.1. The minimum absolute atomic E-state index is 0.175. The highest BCUT2D eigenvalue weighted by Crippen LogP contribution is 2.33. The maximum atomic E-state index is 13.0. The van der Waals surface area contributed by atoms with E-state index in [0.717, 1.165) is 61.5 Å². The summed E-state index contributed by atoms with van der Waals surface area (Å²) in [5.41, 5.74) is 5.03. The van der Waals surface area contributed by atoms with E-state index in [0.29, 0.717) is 12.3 Å². The molecule has 3 aromatic rings. The molecule has 1 fully saturated rings. The van der Waals surface area contributed by atoms with E-state index in [1.165, 1.54) is 5.56 Å². The predicted molar refractivity (Wildman–Crippen MR) is 113 cm³/mol. The Morgan fingerprint density at radius 1 is 1.27 bits per heavy atom. The van der Waals surface area contributed by atoms with Crippen molar-refractivity contribution >= 4 is 11.6 Å². The molecule has 2 aliphatic heterocycles. The summed E-state index contributed by atoms with van der Waals surface area (Å²) in [7, 11) is 0. The summed E-state index contributed by atoms with van der Waals surface area (Å²) in [6, 6.07) is 10.1. The number of aryl methyl sites for hydroxylation is 1. The fourth-order valence-corrected chi connectivity index (χ4v) is 4.64. The Balaban J connectivity index is 1.31. The largest absolute Gasteiger partial charge is 0.356 e. The van der Waals surface area contributed by atoms with Gasteiger partial charge in [-0.15, -0.1) is 0 Å². The number of piperidine rings is 1. The lowest BCUT2D eigenvalue weighted by atomic mass is 9.91. The molecule has 1 amide bonds. The minimum Gasteiger partial charge on any atom is -0.356 e. The molecule has 2 aliphatic rings. The standard InChI is InChI=1S/C23H25N5O2/c1-16-11-21(30-26-16)19-12-24-15-25-23(19)18-6-4-9-27(13-18)14-22(29)28-10-8-17-5-2-3-7-20(17)28/h2-3,5,7,11-12,15,18H,4,6,8-10,13-14H2,1H3. The summed E-state index contributed by atoms with van der Waals surface area (Å²) < 4.78 is 5.47. The molecule has 1 aromatic carbocycles. The Hall–Kier alpha value is -3.06. The first-order valence-corrected chi connectivity index (χ1v) is 10.5. The van der Waals surface area contributed by atoms with E-state index in [4.69, 9.17) is 4.52 Å². The number of amides is 1. The van der Waals surface area contributed by atoms with E-state index in [9.17, 15) is 4.79 Å². The van der Waals surface area contributed by atoms with Gasteiger partial charge < -0.3 is 9.42 Å². The molecule has 0 radical (unpaired) electrons. The first-order chi connectivity index (χ1) is 14.7. The number of anilines is 1. The highest BCUT2D eigenvalue weighted by Gasteiger charge is 2.30. The van der Waals surface area contributed by atoms with Crippen LogP contribution in [0, 0.1) is 6.92 Å². The van der Waals surface area contributed by atoms with Crippen LogP contribution in [0.4, 0.5) is 5.69 Å². The zero-order chi connectivity index (χ0) is 20.5. The highest BCUT2D eigenvalue weighted by atomic mass is 16.5. The molecule has 7 nitrogen and oxygen atoms in total. The molecule has 0 saturated carbocycles. The van der Waals surface area contributed by atoms with Gasteiger partial charge in [-0.2, -0.15) is 0 Å². The van der Waals surface area contributed by atoms with Gasteiger partial charge in [0.2, 0.25) is 5.91 Å². The van der Waals surface area contributed by atoms with E-state index in [-0.39, 0.29) is 11.8 Å². The molecule has 1 saturated heterocycles. The summed E-state index contributed by atoms with van der Waals surface area (Å²) >= 11 is 0. The van der Waals surface area contributed by atoms with Crippen LogP contribution in [-0.2, 0) is 11.2 Å². The summed E-state index contributed by atoms with van der Waals surface area (Å²) in [6.45, 7) is 4.85. The van der Waals surface area contributed by atoms with Crippen LogP contribution in [-0.4, -0.2) is 52.1 Å². The number of carbonyl (C=O) groups excluding carboxylic acids is 1. The van der Waals surface area contributed by atoms with Crippen LogP contribution in [0.5, 0.6) is 0 Å². The number of hydrogen-bond acceptors (Lipinski definition) is 6. The summed E-state index contributed by atoms with van der Waals surface area (Å²) in [6.07, 6.45) is 6.40. The van der Waals surface area contributed by atoms with Gasteiger partial charge in [0.15, 0.2) is 5.76 Å². The van der Waals surface area contributed by atoms with Crippen LogP contribution >= 0.6 is 0 Å². The van der Waals surface area contributed by atoms with Gasteiger partial charge in [-0.05, 0) is 44.4 Å². The second-order valence-corrected chi connectivity index (χ2v) is 8.15. The lowest BCUT2D eigenvalue weighted by molar-refractivity contribution is -0.119. The van der Waals surface area contributed by atoms with Gasteiger partial charge >= 0.3 is 0 Å². The van der Waals surface area contributed by atoms with Gasteiger partial charge in [-0.3, -0.25) is 9.69 Å². The number of para-hydroxylation sites is 1. The topological polar surface area (TPSA) is 75.4 Å². The molecule has 5 rings (SSSR count). The molecule has 7 heteroatoms. The fraction of sp³-hybridized carbons (Fsp3) is 0.391. The molecule has 0 N–H and O–H groups in total. The Morgan fingerprint density at radius 3 is 3.03 bits per heavy atom. The molecule has 0 spiro atoms. The molecule has 30 heavy (non-hydrogen) atoms. The Kier molecular flexibility index (Phi) is 5.04. The smallest absolute Gasteiger partial charge is 0.241 e. The quantitative estimate of drug-likeness (QED) is 0.666. The van der Waals surface area contributed by atoms with Crippen molar-refractivity contribution in [3.63, 3.8) is 0 Å². The maximum absolute atomic E-state index is 13.0. The number of aromatic nitrogens is 3. The summed E-state index contributed by atoms with van der Waals surface area (Å²) in [5.74, 6) is 1.11. The van der Waals surface area contributed by atoms with E-state index in [2.05, 4.69) is 26.1 Å². The van der Waals surface area contributed by atoms with E-state index in [1.54, 1.807) is 12.5 Å². The predicted octanol–water partition coefficient (Wildman–Crippen LogP) is 3.21. The van der Waals surface area contributed by atoms with Crippen LogP contribution in [0.1, 0.15) is 35.7 Å². The van der Waals surface area contributed by atoms with Crippen LogP contribution < -0.4 is 4.90 Å². The van der Waals surface area contributed by atoms with Crippen molar-refractivity contribution in [2.75, 3.05) is 31.1 Å². The molecular formula is C23H25N5O2. The molecule has 154 valence electrons. The van der Waals surface area contributed by atoms with E-state index in [1.807, 2.05) is 36.1 Å². The Bertz CT molecular complexity index is 1060. The molecule has 0 aliphatic carbocycles. The van der Waals surface area contributed by atoms with Crippen molar-refractivity contribution in [1.82, 2.24) is 20.0 Å². The second-order valence-electron chi connectivity index (χ2n) is 8.15. The van der Waals surface area contributed by atoms with Gasteiger partial charge in [-0.25, -0.2) is 9.97 Å². The van der Waals surface area contributed by atoms with Crippen LogP contribution in [0.15, 0.2) is 47.4 Å². The number of rotatable bonds is 4. The zero-order valence-electron chi connectivity index (χ0n) is 17.1. The summed E-state index contributed by atoms with van der Waals surface area (Å²) in [5, 5.41) is 4.00. The minimum atomic E-state index is 0.175. The van der Waals surface area contributed by atoms with Crippen molar-refractivity contribution in [2.24, 2.45) is 0 Å². The molecule has 4 heterocycles. The average molecular weight is 403 g/mol. The van der Waals surface area contributed by atoms with Crippen molar-refractivity contribution in [3.05, 3.63) is 59.8 Å². The lowest BCUT2D eigenvalue weighted by Gasteiger charge is -2.33. The third kappa shape index (κ3) is 3.61. The van der Waals surface area contributed by atoms with Gasteiger partial charge in [0.05, 0.1) is 23.5 Å². The number of fused-ring (bicyclic) bond motifs is 1. The highest BCUT2D eigenvalue weighted by molar-refractivity contribution is 5.96. The van der Waals surface area contributed by atoms with E-state index >= 15 is 0 Å². The van der Waals surface area contributed by atoms with E-state index < -0.39 is 0 Å². The second kappa shape index (κ2) is 7.99. The number of carbonyl (C=O) groups is 1. The van der Waals surface area contributed by atoms with Gasteiger partial charge in [0.1, 0.15) is 6.33 Å². The summed E-state index contributed by atoms with van der Waals surface area (Å²) in [4.78, 5) is 26.0. The Morgan fingerprint density at radius 2 is 2.17 bits per heavy atom. The van der Waals surface area contributed by atoms with Gasteiger partial charge in [0.25, 0.3) is 0 Å². The lowest BCUT2D eigenvalue weighted by Crippen LogP contribution is -2.43. The molecule has 1 atom stereocenters. The molecule has 0 bridgehead atoms. The van der Waals surface area contributed by atoms with Crippen molar-refractivity contribution < 1.29 is 9.32 Å². The average Bonchev–Trinajstić information content (AvgIpc) is 3.40. The number of benzene rings is 1. The van der Waals surface area contributed by atoms with Crippen LogP contribution in [0.2, 0.25) is 0 Å². The van der Waals surface area contributed by atoms with Crippen molar-refractivity contribution in [3.8, 4) is 11.3 Å². The first kappa shape index (κ1) is 18.9. The normalized spacial score (nSPS) is 19.1. The van der Waals surface area contributed by atoms with Crippen LogP contribution in [0.25, 0.3) is 11.3 Å². The number of hydrogen-bond donors (Lipinski definition) is 0. The first-order valence-electron chi connectivity index (χ1n) is 10.5. The molecule has 1 unspecified atom stereocenters. The number of nitrogens with zero attached hydrogens (tertiary/aromatic N) is 5.